The third kappa shape index (κ3) is 6.11. The van der Waals surface area contributed by atoms with Crippen LogP contribution in [0.2, 0.25) is 0 Å². The van der Waals surface area contributed by atoms with Gasteiger partial charge in [-0.15, -0.1) is 0 Å². The van der Waals surface area contributed by atoms with Crippen molar-refractivity contribution in [3.8, 4) is 0 Å². The molecule has 0 spiro atoms. The molecule has 1 aromatic carbocycles. The first-order valence-corrected chi connectivity index (χ1v) is 6.49. The summed E-state index contributed by atoms with van der Waals surface area (Å²) in [6.07, 6.45) is -0.577. The van der Waals surface area contributed by atoms with Crippen molar-refractivity contribution in [3.05, 3.63) is 29.6 Å². The highest BCUT2D eigenvalue weighted by Crippen LogP contribution is 2.11. The molecule has 0 aliphatic heterocycles. The summed E-state index contributed by atoms with van der Waals surface area (Å²) in [6.45, 7) is 5.56. The van der Waals surface area contributed by atoms with Gasteiger partial charge in [-0.1, -0.05) is 0 Å². The second-order valence-electron chi connectivity index (χ2n) is 5.42. The molecule has 2 amide bonds. The lowest BCUT2D eigenvalue weighted by Gasteiger charge is -2.19. The van der Waals surface area contributed by atoms with Gasteiger partial charge in [0.05, 0.1) is 5.56 Å². The number of nitrogens with two attached hydrogens (primary N) is 1. The van der Waals surface area contributed by atoms with Crippen molar-refractivity contribution in [1.82, 2.24) is 10.6 Å². The number of alkyl carbamates (subject to hydrolysis) is 1. The Bertz CT molecular complexity index is 527. The van der Waals surface area contributed by atoms with Gasteiger partial charge >= 0.3 is 6.09 Å². The highest BCUT2D eigenvalue weighted by atomic mass is 19.1. The van der Waals surface area contributed by atoms with Crippen molar-refractivity contribution >= 4 is 17.7 Å². The summed E-state index contributed by atoms with van der Waals surface area (Å²) >= 11 is 0. The van der Waals surface area contributed by atoms with E-state index in [-0.39, 0.29) is 18.7 Å². The van der Waals surface area contributed by atoms with Gasteiger partial charge in [-0.2, -0.15) is 0 Å². The second kappa shape index (κ2) is 6.92. The average molecular weight is 297 g/mol. The fourth-order valence-electron chi connectivity index (χ4n) is 1.47. The van der Waals surface area contributed by atoms with Crippen LogP contribution in [0.1, 0.15) is 31.1 Å². The largest absolute Gasteiger partial charge is 0.444 e. The molecule has 4 N–H and O–H groups in total. The molecule has 21 heavy (non-hydrogen) atoms. The van der Waals surface area contributed by atoms with E-state index in [0.717, 1.165) is 6.07 Å². The van der Waals surface area contributed by atoms with Crippen LogP contribution in [-0.4, -0.2) is 30.7 Å². The summed E-state index contributed by atoms with van der Waals surface area (Å²) < 4.78 is 18.5. The van der Waals surface area contributed by atoms with E-state index in [9.17, 15) is 14.0 Å². The first-order valence-electron chi connectivity index (χ1n) is 6.49. The fourth-order valence-corrected chi connectivity index (χ4v) is 1.47. The van der Waals surface area contributed by atoms with Gasteiger partial charge in [0.25, 0.3) is 5.91 Å². The van der Waals surface area contributed by atoms with E-state index in [1.165, 1.54) is 12.1 Å². The van der Waals surface area contributed by atoms with Gasteiger partial charge in [0.1, 0.15) is 11.4 Å². The normalized spacial score (nSPS) is 10.9. The summed E-state index contributed by atoms with van der Waals surface area (Å²) in [5, 5.41) is 4.96. The van der Waals surface area contributed by atoms with Crippen molar-refractivity contribution in [2.75, 3.05) is 18.8 Å². The maximum atomic E-state index is 13.4. The van der Waals surface area contributed by atoms with E-state index >= 15 is 0 Å². The molecule has 0 atom stereocenters. The van der Waals surface area contributed by atoms with Crippen LogP contribution < -0.4 is 16.4 Å². The minimum absolute atomic E-state index is 0.132. The van der Waals surface area contributed by atoms with E-state index in [0.29, 0.717) is 5.69 Å². The summed E-state index contributed by atoms with van der Waals surface area (Å²) in [4.78, 5) is 23.1. The minimum atomic E-state index is -0.651. The number of carbonyl (C=O) groups is 2. The molecule has 6 nitrogen and oxygen atoms in total. The number of amides is 2. The van der Waals surface area contributed by atoms with Crippen LogP contribution in [0.25, 0.3) is 0 Å². The van der Waals surface area contributed by atoms with Gasteiger partial charge < -0.3 is 21.1 Å². The number of benzene rings is 1. The second-order valence-corrected chi connectivity index (χ2v) is 5.42. The van der Waals surface area contributed by atoms with Gasteiger partial charge in [0, 0.05) is 18.8 Å². The van der Waals surface area contributed by atoms with Gasteiger partial charge in [0.2, 0.25) is 0 Å². The zero-order valence-corrected chi connectivity index (χ0v) is 12.3. The summed E-state index contributed by atoms with van der Waals surface area (Å²) in [5.41, 5.74) is 5.08. The van der Waals surface area contributed by atoms with Crippen LogP contribution in [-0.2, 0) is 4.74 Å². The number of hydrogen-bond acceptors (Lipinski definition) is 4. The van der Waals surface area contributed by atoms with E-state index in [1.807, 2.05) is 0 Å². The van der Waals surface area contributed by atoms with Gasteiger partial charge in [-0.3, -0.25) is 4.79 Å². The van der Waals surface area contributed by atoms with Gasteiger partial charge in [-0.05, 0) is 39.0 Å². The molecular formula is C14H20FN3O3. The van der Waals surface area contributed by atoms with Crippen LogP contribution in [0.15, 0.2) is 18.2 Å². The lowest BCUT2D eigenvalue weighted by atomic mass is 10.2. The Hall–Kier alpha value is -2.31. The van der Waals surface area contributed by atoms with Crippen molar-refractivity contribution in [3.63, 3.8) is 0 Å². The van der Waals surface area contributed by atoms with E-state index in [4.69, 9.17) is 10.5 Å². The molecule has 0 heterocycles. The fraction of sp³-hybridized carbons (Fsp3) is 0.429. The summed E-state index contributed by atoms with van der Waals surface area (Å²) in [5.74, 6) is -1.24. The van der Waals surface area contributed by atoms with Crippen LogP contribution in [0.4, 0.5) is 14.9 Å². The van der Waals surface area contributed by atoms with Crippen molar-refractivity contribution < 1.29 is 18.7 Å². The topological polar surface area (TPSA) is 93.5 Å². The average Bonchev–Trinajstić information content (AvgIpc) is 2.35. The van der Waals surface area contributed by atoms with E-state index in [1.54, 1.807) is 20.8 Å². The third-order valence-electron chi connectivity index (χ3n) is 2.31. The zero-order valence-electron chi connectivity index (χ0n) is 12.3. The highest BCUT2D eigenvalue weighted by Gasteiger charge is 2.16. The molecule has 116 valence electrons. The molecule has 0 bridgehead atoms. The number of anilines is 1. The molecule has 1 aromatic rings. The summed E-state index contributed by atoms with van der Waals surface area (Å²) in [7, 11) is 0. The van der Waals surface area contributed by atoms with Gasteiger partial charge in [-0.25, -0.2) is 9.18 Å². The quantitative estimate of drug-likeness (QED) is 0.582. The van der Waals surface area contributed by atoms with Crippen LogP contribution in [0.5, 0.6) is 0 Å². The van der Waals surface area contributed by atoms with Crippen LogP contribution in [0.3, 0.4) is 0 Å². The van der Waals surface area contributed by atoms with E-state index < -0.39 is 23.4 Å². The molecule has 0 aliphatic carbocycles. The Morgan fingerprint density at radius 3 is 2.48 bits per heavy atom. The Balaban J connectivity index is 2.38. The third-order valence-corrected chi connectivity index (χ3v) is 2.31. The Kier molecular flexibility index (Phi) is 5.52. The Morgan fingerprint density at radius 2 is 1.86 bits per heavy atom. The van der Waals surface area contributed by atoms with Crippen molar-refractivity contribution in [2.45, 2.75) is 26.4 Å². The number of hydrogen-bond donors (Lipinski definition) is 3. The zero-order chi connectivity index (χ0) is 16.0. The highest BCUT2D eigenvalue weighted by molar-refractivity contribution is 5.95. The minimum Gasteiger partial charge on any atom is -0.444 e. The lowest BCUT2D eigenvalue weighted by molar-refractivity contribution is 0.0526. The number of carbonyl (C=O) groups excluding carboxylic acids is 2. The molecule has 0 unspecified atom stereocenters. The predicted molar refractivity (Wildman–Crippen MR) is 77.4 cm³/mol. The smallest absolute Gasteiger partial charge is 0.407 e. The first kappa shape index (κ1) is 16.7. The molecular weight excluding hydrogens is 277 g/mol. The Labute approximate surface area is 122 Å². The van der Waals surface area contributed by atoms with Crippen molar-refractivity contribution in [2.24, 2.45) is 0 Å². The molecule has 0 aromatic heterocycles. The number of ether oxygens (including phenoxy) is 1. The maximum Gasteiger partial charge on any atom is 0.407 e. The molecule has 0 fully saturated rings. The summed E-state index contributed by atoms with van der Waals surface area (Å²) in [6, 6.07) is 3.76. The number of rotatable bonds is 4. The molecule has 0 radical (unpaired) electrons. The van der Waals surface area contributed by atoms with Gasteiger partial charge in [0.15, 0.2) is 0 Å². The number of nitrogens with one attached hydrogen (secondary N) is 2. The Morgan fingerprint density at radius 1 is 1.24 bits per heavy atom. The standard InChI is InChI=1S/C14H20FN3O3/c1-14(2,3)21-13(20)18-7-6-17-12(19)10-8-9(16)4-5-11(10)15/h4-5,8H,6-7,16H2,1-3H3,(H,17,19)(H,18,20). The molecule has 7 heteroatoms. The molecule has 0 saturated carbocycles. The van der Waals surface area contributed by atoms with Crippen LogP contribution in [0, 0.1) is 5.82 Å². The SMILES string of the molecule is CC(C)(C)OC(=O)NCCNC(=O)c1cc(N)ccc1F. The van der Waals surface area contributed by atoms with E-state index in [2.05, 4.69) is 10.6 Å². The first-order chi connectivity index (χ1) is 9.69. The maximum absolute atomic E-state index is 13.4. The van der Waals surface area contributed by atoms with Crippen LogP contribution >= 0.6 is 0 Å². The molecule has 0 saturated heterocycles. The molecule has 0 aliphatic rings. The number of halogens is 1. The lowest BCUT2D eigenvalue weighted by Crippen LogP contribution is -2.38. The van der Waals surface area contributed by atoms with Crippen molar-refractivity contribution in [1.29, 1.82) is 0 Å². The molecule has 1 rings (SSSR count). The monoisotopic (exact) mass is 297 g/mol. The predicted octanol–water partition coefficient (Wildman–Crippen LogP) is 1.66. The number of nitrogen functional groups attached to an aromatic ring is 1.